The Morgan fingerprint density at radius 3 is 2.62 bits per heavy atom. The largest absolute Gasteiger partial charge is 0.481 e. The molecule has 0 saturated heterocycles. The van der Waals surface area contributed by atoms with Crippen molar-refractivity contribution in [2.45, 2.75) is 63.2 Å². The number of ether oxygens (including phenoxy) is 1. The first kappa shape index (κ1) is 24.0. The van der Waals surface area contributed by atoms with E-state index >= 15 is 0 Å². The Kier molecular flexibility index (Phi) is 6.15. The fourth-order valence-electron chi connectivity index (χ4n) is 5.58. The number of aliphatic hydroxyl groups excluding tert-OH is 1. The molecule has 3 aliphatic carbocycles. The molecule has 0 bridgehead atoms. The molecule has 2 heterocycles. The molecule has 3 aromatic rings. The maximum Gasteiger partial charge on any atom is 0.213 e. The van der Waals surface area contributed by atoms with Crippen molar-refractivity contribution in [3.05, 3.63) is 76.9 Å². The Morgan fingerprint density at radius 2 is 1.95 bits per heavy atom. The topological polar surface area (TPSA) is 85.2 Å². The summed E-state index contributed by atoms with van der Waals surface area (Å²) in [5, 5.41) is 9.27. The first-order valence-corrected chi connectivity index (χ1v) is 13.4. The van der Waals surface area contributed by atoms with Crippen molar-refractivity contribution in [3.63, 3.8) is 0 Å². The van der Waals surface area contributed by atoms with E-state index in [1.54, 1.807) is 7.11 Å². The molecule has 0 radical (unpaired) electrons. The smallest absolute Gasteiger partial charge is 0.213 e. The number of allylic oxidation sites excluding steroid dienone is 2. The van der Waals surface area contributed by atoms with Gasteiger partial charge in [0.15, 0.2) is 11.6 Å². The molecule has 1 N–H and O–H groups in total. The molecule has 1 atom stereocenters. The van der Waals surface area contributed by atoms with E-state index in [4.69, 9.17) is 14.7 Å². The zero-order chi connectivity index (χ0) is 25.6. The van der Waals surface area contributed by atoms with Crippen molar-refractivity contribution in [1.82, 2.24) is 15.0 Å². The van der Waals surface area contributed by atoms with Gasteiger partial charge in [-0.1, -0.05) is 25.1 Å². The molecule has 0 aliphatic heterocycles. The minimum Gasteiger partial charge on any atom is -0.481 e. The normalized spacial score (nSPS) is 18.5. The van der Waals surface area contributed by atoms with Gasteiger partial charge in [0.2, 0.25) is 5.88 Å². The van der Waals surface area contributed by atoms with Gasteiger partial charge in [-0.05, 0) is 84.3 Å². The number of hydrogen-bond acceptors (Lipinski definition) is 6. The van der Waals surface area contributed by atoms with Crippen LogP contribution >= 0.6 is 0 Å². The van der Waals surface area contributed by atoms with Crippen LogP contribution in [0.1, 0.15) is 84.2 Å². The second-order valence-electron chi connectivity index (χ2n) is 10.9. The zero-order valence-corrected chi connectivity index (χ0v) is 21.5. The third-order valence-electron chi connectivity index (χ3n) is 8.26. The fraction of sp³-hybridized carbons (Fsp3) is 0.419. The van der Waals surface area contributed by atoms with Crippen LogP contribution in [0, 0.1) is 5.92 Å². The van der Waals surface area contributed by atoms with Crippen molar-refractivity contribution in [3.8, 4) is 17.1 Å². The molecular weight excluding hydrogens is 462 g/mol. The summed E-state index contributed by atoms with van der Waals surface area (Å²) in [7, 11) is 1.65. The van der Waals surface area contributed by atoms with Crippen LogP contribution in [0.15, 0.2) is 48.8 Å². The number of aromatic nitrogens is 3. The Bertz CT molecular complexity index is 1370. The highest BCUT2D eigenvalue weighted by molar-refractivity contribution is 5.98. The van der Waals surface area contributed by atoms with Crippen LogP contribution in [-0.2, 0) is 11.8 Å². The Morgan fingerprint density at radius 1 is 1.16 bits per heavy atom. The van der Waals surface area contributed by atoms with E-state index in [0.717, 1.165) is 34.6 Å². The summed E-state index contributed by atoms with van der Waals surface area (Å²) < 4.78 is 5.44. The second-order valence-corrected chi connectivity index (χ2v) is 10.9. The van der Waals surface area contributed by atoms with Crippen molar-refractivity contribution in [1.29, 1.82) is 0 Å². The lowest BCUT2D eigenvalue weighted by Crippen LogP contribution is -2.14. The summed E-state index contributed by atoms with van der Waals surface area (Å²) in [4.78, 5) is 27.1. The van der Waals surface area contributed by atoms with Gasteiger partial charge in [0.1, 0.15) is 0 Å². The number of rotatable bonds is 8. The molecule has 1 spiro atoms. The zero-order valence-electron chi connectivity index (χ0n) is 21.5. The molecule has 1 unspecified atom stereocenters. The van der Waals surface area contributed by atoms with E-state index < -0.39 is 0 Å². The number of benzene rings is 1. The molecule has 190 valence electrons. The number of carbonyl (C=O) groups is 1. The second kappa shape index (κ2) is 9.49. The van der Waals surface area contributed by atoms with E-state index in [1.807, 2.05) is 31.5 Å². The number of methoxy groups -OCH3 is 1. The lowest BCUT2D eigenvalue weighted by Gasteiger charge is -2.18. The number of fused-ring (bicyclic) bond motifs is 2. The first-order chi connectivity index (χ1) is 18.0. The average Bonchev–Trinajstić information content (AvgIpc) is 3.85. The van der Waals surface area contributed by atoms with Crippen molar-refractivity contribution in [2.24, 2.45) is 5.92 Å². The van der Waals surface area contributed by atoms with Gasteiger partial charge >= 0.3 is 0 Å². The first-order valence-electron chi connectivity index (χ1n) is 13.4. The fourth-order valence-corrected chi connectivity index (χ4v) is 5.58. The highest BCUT2D eigenvalue weighted by Gasteiger charge is 2.45. The monoisotopic (exact) mass is 495 g/mol. The van der Waals surface area contributed by atoms with E-state index in [0.29, 0.717) is 24.6 Å². The number of pyridine rings is 1. The van der Waals surface area contributed by atoms with Crippen LogP contribution in [0.4, 0.5) is 0 Å². The summed E-state index contributed by atoms with van der Waals surface area (Å²) in [5.41, 5.74) is 7.54. The molecule has 3 aliphatic rings. The molecule has 2 fully saturated rings. The molecule has 6 nitrogen and oxygen atoms in total. The van der Waals surface area contributed by atoms with Crippen molar-refractivity contribution >= 4 is 11.4 Å². The van der Waals surface area contributed by atoms with Gasteiger partial charge in [0, 0.05) is 48.5 Å². The van der Waals surface area contributed by atoms with Gasteiger partial charge < -0.3 is 9.84 Å². The van der Waals surface area contributed by atoms with Crippen LogP contribution < -0.4 is 4.74 Å². The van der Waals surface area contributed by atoms with Crippen LogP contribution in [0.3, 0.4) is 0 Å². The minimum atomic E-state index is -0.194. The summed E-state index contributed by atoms with van der Waals surface area (Å²) in [5.74, 6) is 1.85. The summed E-state index contributed by atoms with van der Waals surface area (Å²) in [6.45, 7) is 1.91. The third kappa shape index (κ3) is 4.71. The molecular formula is C31H33N3O3. The van der Waals surface area contributed by atoms with Crippen molar-refractivity contribution < 1.29 is 14.6 Å². The van der Waals surface area contributed by atoms with Gasteiger partial charge in [-0.3, -0.25) is 4.79 Å². The molecule has 2 saturated carbocycles. The molecule has 2 aromatic heterocycles. The summed E-state index contributed by atoms with van der Waals surface area (Å²) in [6.07, 6.45) is 12.9. The lowest BCUT2D eigenvalue weighted by molar-refractivity contribution is 0.0908. The number of Topliss-reactive ketones (excluding diaryl/α,β-unsaturated/α-hetero) is 1. The summed E-state index contributed by atoms with van der Waals surface area (Å²) >= 11 is 0. The molecule has 6 heteroatoms. The predicted octanol–water partition coefficient (Wildman–Crippen LogP) is 5.69. The quantitative estimate of drug-likeness (QED) is 0.404. The van der Waals surface area contributed by atoms with Gasteiger partial charge in [0.25, 0.3) is 0 Å². The number of ketones is 1. The maximum absolute atomic E-state index is 13.0. The lowest BCUT2D eigenvalue weighted by atomic mass is 9.86. The number of aliphatic hydroxyl groups is 1. The molecule has 0 amide bonds. The SMILES string of the molecule is COc1cc(C2CC2)cc(-c2cnc(C3=CCC4(CC4)c4ccc(C(=O)C(C)CCO)cc4C3)nc2)n1. The highest BCUT2D eigenvalue weighted by atomic mass is 16.5. The van der Waals surface area contributed by atoms with E-state index in [9.17, 15) is 9.90 Å². The average molecular weight is 496 g/mol. The Hall–Kier alpha value is -3.38. The van der Waals surface area contributed by atoms with E-state index in [2.05, 4.69) is 29.3 Å². The van der Waals surface area contributed by atoms with Crippen LogP contribution in [0.5, 0.6) is 5.88 Å². The summed E-state index contributed by atoms with van der Waals surface area (Å²) in [6, 6.07) is 10.4. The van der Waals surface area contributed by atoms with E-state index in [1.165, 1.54) is 42.4 Å². The predicted molar refractivity (Wildman–Crippen MR) is 143 cm³/mol. The Labute approximate surface area is 217 Å². The highest BCUT2D eigenvalue weighted by Crippen LogP contribution is 2.54. The van der Waals surface area contributed by atoms with Gasteiger partial charge in [0.05, 0.1) is 12.8 Å². The molecule has 6 rings (SSSR count). The Balaban J connectivity index is 1.29. The van der Waals surface area contributed by atoms with Crippen LogP contribution in [-0.4, -0.2) is 39.6 Å². The minimum absolute atomic E-state index is 0.0222. The molecule has 37 heavy (non-hydrogen) atoms. The van der Waals surface area contributed by atoms with Gasteiger partial charge in [-0.25, -0.2) is 15.0 Å². The van der Waals surface area contributed by atoms with Crippen LogP contribution in [0.25, 0.3) is 16.8 Å². The van der Waals surface area contributed by atoms with Gasteiger partial charge in [-0.15, -0.1) is 0 Å². The van der Waals surface area contributed by atoms with E-state index in [-0.39, 0.29) is 23.7 Å². The molecule has 1 aromatic carbocycles. The van der Waals surface area contributed by atoms with Gasteiger partial charge in [-0.2, -0.15) is 0 Å². The number of hydrogen-bond donors (Lipinski definition) is 1. The van der Waals surface area contributed by atoms with Crippen molar-refractivity contribution in [2.75, 3.05) is 13.7 Å². The maximum atomic E-state index is 13.0. The standard InChI is InChI=1S/C31H33N3O3/c1-19(8-12-35)29(36)21-5-6-26-24(13-21)14-22(7-9-31(26)10-11-31)30-32-17-25(18-33-30)27-15-23(20-3-4-20)16-28(34-27)37-2/h5-7,13,15-20,35H,3-4,8-12,14H2,1-2H3. The van der Waals surface area contributed by atoms with Crippen LogP contribution in [0.2, 0.25) is 0 Å². The number of carbonyl (C=O) groups excluding carboxylic acids is 1. The third-order valence-corrected chi connectivity index (χ3v) is 8.26. The number of nitrogens with zero attached hydrogens (tertiary/aromatic N) is 3.